The summed E-state index contributed by atoms with van der Waals surface area (Å²) in [6, 6.07) is 13.8. The molecule has 0 amide bonds. The molecule has 1 aliphatic rings. The number of aliphatic carboxylic acids is 1. The number of benzene rings is 2. The molecule has 176 valence electrons. The van der Waals surface area contributed by atoms with Crippen molar-refractivity contribution in [2.45, 2.75) is 18.9 Å². The van der Waals surface area contributed by atoms with Gasteiger partial charge in [0.2, 0.25) is 0 Å². The van der Waals surface area contributed by atoms with Gasteiger partial charge in [0.25, 0.3) is 5.09 Å². The molecule has 8 nitrogen and oxygen atoms in total. The lowest BCUT2D eigenvalue weighted by Crippen LogP contribution is -2.27. The summed E-state index contributed by atoms with van der Waals surface area (Å²) in [6.07, 6.45) is 2.26. The number of rotatable bonds is 8. The number of fused-ring (bicyclic) bond motifs is 1. The van der Waals surface area contributed by atoms with E-state index in [1.165, 1.54) is 35.9 Å². The number of hydrogen-bond donors (Lipinski definition) is 1. The fourth-order valence-electron chi connectivity index (χ4n) is 4.24. The van der Waals surface area contributed by atoms with Crippen LogP contribution in [0.4, 0.5) is 4.39 Å². The maximum absolute atomic E-state index is 13.6. The third-order valence-electron chi connectivity index (χ3n) is 6.20. The van der Waals surface area contributed by atoms with Gasteiger partial charge in [-0.1, -0.05) is 24.3 Å². The normalized spacial score (nSPS) is 14.9. The fraction of sp³-hybridized carbons (Fsp3) is 0.160. The van der Waals surface area contributed by atoms with Crippen molar-refractivity contribution < 1.29 is 29.0 Å². The Labute approximate surface area is 201 Å². The van der Waals surface area contributed by atoms with Gasteiger partial charge < -0.3 is 9.94 Å². The van der Waals surface area contributed by atoms with E-state index in [2.05, 4.69) is 4.98 Å². The Morgan fingerprint density at radius 1 is 1.11 bits per heavy atom. The van der Waals surface area contributed by atoms with E-state index in [-0.39, 0.29) is 18.6 Å². The van der Waals surface area contributed by atoms with Crippen molar-refractivity contribution in [3.05, 3.63) is 99.6 Å². The summed E-state index contributed by atoms with van der Waals surface area (Å²) in [4.78, 5) is 46.0. The molecule has 0 spiro atoms. The monoisotopic (exact) mass is 492 g/mol. The van der Waals surface area contributed by atoms with E-state index in [4.69, 9.17) is 4.84 Å². The third kappa shape index (κ3) is 4.01. The number of hydrogen-bond acceptors (Lipinski definition) is 7. The topological polar surface area (TPSA) is 120 Å². The highest BCUT2D eigenvalue weighted by Crippen LogP contribution is 2.57. The van der Waals surface area contributed by atoms with Crippen LogP contribution >= 0.6 is 11.3 Å². The number of carbonyl (C=O) groups is 2. The molecule has 1 fully saturated rings. The van der Waals surface area contributed by atoms with E-state index < -0.39 is 28.4 Å². The van der Waals surface area contributed by atoms with Gasteiger partial charge in [-0.25, -0.2) is 4.39 Å². The Morgan fingerprint density at radius 3 is 2.40 bits per heavy atom. The molecule has 0 bridgehead atoms. The van der Waals surface area contributed by atoms with Gasteiger partial charge in [0, 0.05) is 38.5 Å². The van der Waals surface area contributed by atoms with Crippen LogP contribution in [0.1, 0.15) is 40.4 Å². The van der Waals surface area contributed by atoms with Crippen LogP contribution in [0, 0.1) is 21.3 Å². The number of ketones is 1. The molecule has 0 aliphatic heterocycles. The Bertz CT molecular complexity index is 1460. The van der Waals surface area contributed by atoms with Crippen LogP contribution in [-0.4, -0.2) is 26.9 Å². The molecule has 1 aliphatic carbocycles. The van der Waals surface area contributed by atoms with E-state index in [0.29, 0.717) is 37.2 Å². The average Bonchev–Trinajstić information content (AvgIpc) is 3.58. The molecule has 2 heterocycles. The molecule has 2 aromatic carbocycles. The first-order valence-corrected chi connectivity index (χ1v) is 11.4. The van der Waals surface area contributed by atoms with Crippen LogP contribution in [-0.2, 0) is 9.63 Å². The highest BCUT2D eigenvalue weighted by atomic mass is 32.1. The number of thiophene rings is 1. The SMILES string of the molecule is O=C(c1ccncc1)c1c(-c2ccc(F)cc2)sc2cc(C(O[N+](=O)[O-])C3(C(=O)O)CC3)ccc12. The second-order valence-corrected chi connectivity index (χ2v) is 9.36. The molecule has 0 saturated heterocycles. The van der Waals surface area contributed by atoms with Crippen molar-refractivity contribution in [1.82, 2.24) is 4.98 Å². The highest BCUT2D eigenvalue weighted by Gasteiger charge is 2.58. The first-order valence-electron chi connectivity index (χ1n) is 10.6. The Morgan fingerprint density at radius 2 is 1.80 bits per heavy atom. The summed E-state index contributed by atoms with van der Waals surface area (Å²) >= 11 is 1.26. The van der Waals surface area contributed by atoms with Gasteiger partial charge in [0.05, 0.1) is 5.41 Å². The third-order valence-corrected chi connectivity index (χ3v) is 7.40. The lowest BCUT2D eigenvalue weighted by Gasteiger charge is -2.22. The van der Waals surface area contributed by atoms with Gasteiger partial charge in [-0.05, 0) is 54.3 Å². The molecule has 1 atom stereocenters. The number of pyridine rings is 1. The minimum Gasteiger partial charge on any atom is -0.481 e. The van der Waals surface area contributed by atoms with Crippen LogP contribution in [0.5, 0.6) is 0 Å². The number of carbonyl (C=O) groups excluding carboxylic acids is 1. The molecule has 0 radical (unpaired) electrons. The minimum atomic E-state index is -1.37. The predicted molar refractivity (Wildman–Crippen MR) is 125 cm³/mol. The van der Waals surface area contributed by atoms with Crippen molar-refractivity contribution in [2.75, 3.05) is 0 Å². The van der Waals surface area contributed by atoms with Crippen molar-refractivity contribution in [2.24, 2.45) is 5.41 Å². The zero-order valence-corrected chi connectivity index (χ0v) is 18.8. The molecule has 35 heavy (non-hydrogen) atoms. The van der Waals surface area contributed by atoms with E-state index in [9.17, 15) is 29.2 Å². The molecule has 1 saturated carbocycles. The van der Waals surface area contributed by atoms with Crippen molar-refractivity contribution >= 4 is 33.2 Å². The van der Waals surface area contributed by atoms with Gasteiger partial charge in [-0.2, -0.15) is 0 Å². The molecular formula is C25H17FN2O6S. The fourth-order valence-corrected chi connectivity index (χ4v) is 5.50. The van der Waals surface area contributed by atoms with Crippen molar-refractivity contribution in [3.8, 4) is 10.4 Å². The predicted octanol–water partition coefficient (Wildman–Crippen LogP) is 5.45. The van der Waals surface area contributed by atoms with Crippen LogP contribution in [0.15, 0.2) is 67.0 Å². The van der Waals surface area contributed by atoms with Gasteiger partial charge in [-0.3, -0.25) is 14.6 Å². The Balaban J connectivity index is 1.69. The molecule has 2 aromatic heterocycles. The standard InChI is InChI=1S/C25H17FN2O6S/c26-17-4-1-15(2-5-17)22-20(21(29)14-7-11-27-12-8-14)18-6-3-16(13-19(18)35-22)23(34-28(32)33)25(9-10-25)24(30)31/h1-8,11-13,23H,9-10H2,(H,30,31). The summed E-state index contributed by atoms with van der Waals surface area (Å²) in [7, 11) is 0. The first-order chi connectivity index (χ1) is 16.8. The Hall–Kier alpha value is -4.18. The molecule has 10 heteroatoms. The lowest BCUT2D eigenvalue weighted by atomic mass is 9.91. The largest absolute Gasteiger partial charge is 0.481 e. The molecule has 5 rings (SSSR count). The lowest BCUT2D eigenvalue weighted by molar-refractivity contribution is -0.773. The average molecular weight is 492 g/mol. The molecule has 1 unspecified atom stereocenters. The number of carboxylic acids is 1. The minimum absolute atomic E-state index is 0.256. The second-order valence-electron chi connectivity index (χ2n) is 8.30. The van der Waals surface area contributed by atoms with E-state index >= 15 is 0 Å². The smallest absolute Gasteiger partial charge is 0.312 e. The molecular weight excluding hydrogens is 475 g/mol. The summed E-state index contributed by atoms with van der Waals surface area (Å²) in [5, 5.41) is 20.5. The van der Waals surface area contributed by atoms with Crippen LogP contribution in [0.2, 0.25) is 0 Å². The number of halogens is 1. The zero-order valence-electron chi connectivity index (χ0n) is 18.0. The second kappa shape index (κ2) is 8.55. The number of carboxylic acid groups (broad SMARTS) is 1. The van der Waals surface area contributed by atoms with Crippen LogP contribution < -0.4 is 0 Å². The molecule has 4 aromatic rings. The van der Waals surface area contributed by atoms with Gasteiger partial charge in [-0.15, -0.1) is 21.5 Å². The van der Waals surface area contributed by atoms with Crippen LogP contribution in [0.3, 0.4) is 0 Å². The van der Waals surface area contributed by atoms with Gasteiger partial charge in [0.15, 0.2) is 5.78 Å². The van der Waals surface area contributed by atoms with Gasteiger partial charge >= 0.3 is 5.97 Å². The summed E-state index contributed by atoms with van der Waals surface area (Å²) in [6.45, 7) is 0. The number of nitrogens with zero attached hydrogens (tertiary/aromatic N) is 2. The van der Waals surface area contributed by atoms with Crippen molar-refractivity contribution in [3.63, 3.8) is 0 Å². The summed E-state index contributed by atoms with van der Waals surface area (Å²) in [5.41, 5.74) is 0.427. The van der Waals surface area contributed by atoms with E-state index in [1.54, 1.807) is 42.5 Å². The summed E-state index contributed by atoms with van der Waals surface area (Å²) < 4.78 is 14.2. The maximum Gasteiger partial charge on any atom is 0.312 e. The maximum atomic E-state index is 13.6. The van der Waals surface area contributed by atoms with E-state index in [1.807, 2.05) is 0 Å². The molecule has 1 N–H and O–H groups in total. The Kier molecular flexibility index (Phi) is 5.52. The van der Waals surface area contributed by atoms with Crippen molar-refractivity contribution in [1.29, 1.82) is 0 Å². The van der Waals surface area contributed by atoms with Crippen LogP contribution in [0.25, 0.3) is 20.5 Å². The van der Waals surface area contributed by atoms with E-state index in [0.717, 1.165) is 0 Å². The summed E-state index contributed by atoms with van der Waals surface area (Å²) in [5.74, 6) is -1.83. The quantitative estimate of drug-likeness (QED) is 0.197. The number of aromatic nitrogens is 1. The van der Waals surface area contributed by atoms with Gasteiger partial charge in [0.1, 0.15) is 11.9 Å². The zero-order chi connectivity index (χ0) is 24.7. The first kappa shape index (κ1) is 22.6. The highest BCUT2D eigenvalue weighted by molar-refractivity contribution is 7.22.